The van der Waals surface area contributed by atoms with Crippen LogP contribution in [-0.4, -0.2) is 18.5 Å². The number of ether oxygens (including phenoxy) is 1. The Bertz CT molecular complexity index is 765. The molecule has 0 aliphatic rings. The third kappa shape index (κ3) is 4.59. The summed E-state index contributed by atoms with van der Waals surface area (Å²) in [5.41, 5.74) is 1.09. The van der Waals surface area contributed by atoms with Crippen LogP contribution in [0.1, 0.15) is 15.9 Å². The van der Waals surface area contributed by atoms with Gasteiger partial charge < -0.3 is 10.1 Å². The first-order valence-electron chi connectivity index (χ1n) is 6.55. The number of carbonyl (C=O) groups is 2. The molecule has 0 bridgehead atoms. The van der Waals surface area contributed by atoms with Crippen molar-refractivity contribution in [1.29, 1.82) is 0 Å². The maximum absolute atomic E-state index is 13.4. The highest BCUT2D eigenvalue weighted by Crippen LogP contribution is 2.23. The number of hydrogen-bond acceptors (Lipinski definition) is 3. The first-order chi connectivity index (χ1) is 10.9. The minimum absolute atomic E-state index is 0.435. The number of anilines is 1. The quantitative estimate of drug-likeness (QED) is 0.816. The van der Waals surface area contributed by atoms with Gasteiger partial charge >= 0.3 is 5.97 Å². The normalized spacial score (nSPS) is 10.3. The summed E-state index contributed by atoms with van der Waals surface area (Å²) in [5.74, 6) is -3.47. The second kappa shape index (κ2) is 7.32. The highest BCUT2D eigenvalue weighted by atomic mass is 79.9. The Morgan fingerprint density at radius 3 is 2.57 bits per heavy atom. The van der Waals surface area contributed by atoms with Gasteiger partial charge in [-0.3, -0.25) is 4.79 Å². The summed E-state index contributed by atoms with van der Waals surface area (Å²) in [6.07, 6.45) is 0. The highest BCUT2D eigenvalue weighted by Gasteiger charge is 2.16. The summed E-state index contributed by atoms with van der Waals surface area (Å²) in [6, 6.07) is 7.78. The predicted octanol–water partition coefficient (Wildman–Crippen LogP) is 3.83. The van der Waals surface area contributed by atoms with E-state index < -0.39 is 35.7 Å². The van der Waals surface area contributed by atoms with Crippen molar-refractivity contribution in [3.63, 3.8) is 0 Å². The van der Waals surface area contributed by atoms with E-state index in [1.807, 2.05) is 13.0 Å². The van der Waals surface area contributed by atoms with Crippen LogP contribution in [0.15, 0.2) is 40.9 Å². The van der Waals surface area contributed by atoms with Crippen molar-refractivity contribution >= 4 is 33.5 Å². The minimum Gasteiger partial charge on any atom is -0.452 e. The van der Waals surface area contributed by atoms with E-state index in [4.69, 9.17) is 4.74 Å². The van der Waals surface area contributed by atoms with Crippen molar-refractivity contribution in [3.8, 4) is 0 Å². The Balaban J connectivity index is 1.94. The molecule has 1 N–H and O–H groups in total. The van der Waals surface area contributed by atoms with Gasteiger partial charge in [-0.1, -0.05) is 6.07 Å². The molecule has 0 saturated carbocycles. The van der Waals surface area contributed by atoms with Crippen LogP contribution in [0.3, 0.4) is 0 Å². The Morgan fingerprint density at radius 1 is 1.17 bits per heavy atom. The van der Waals surface area contributed by atoms with Gasteiger partial charge in [0.2, 0.25) is 0 Å². The number of benzene rings is 2. The van der Waals surface area contributed by atoms with Gasteiger partial charge in [0.1, 0.15) is 11.6 Å². The molecular weight excluding hydrogens is 372 g/mol. The molecule has 23 heavy (non-hydrogen) atoms. The molecule has 4 nitrogen and oxygen atoms in total. The lowest BCUT2D eigenvalue weighted by atomic mass is 10.2. The van der Waals surface area contributed by atoms with Crippen molar-refractivity contribution in [2.24, 2.45) is 0 Å². The zero-order chi connectivity index (χ0) is 17.0. The molecule has 120 valence electrons. The van der Waals surface area contributed by atoms with E-state index in [9.17, 15) is 18.4 Å². The van der Waals surface area contributed by atoms with E-state index >= 15 is 0 Å². The van der Waals surface area contributed by atoms with Crippen LogP contribution in [0.4, 0.5) is 14.5 Å². The number of nitrogens with one attached hydrogen (secondary N) is 1. The summed E-state index contributed by atoms with van der Waals surface area (Å²) in [7, 11) is 0. The third-order valence-electron chi connectivity index (χ3n) is 2.88. The van der Waals surface area contributed by atoms with Gasteiger partial charge in [0.25, 0.3) is 5.91 Å². The number of carbonyl (C=O) groups excluding carboxylic acids is 2. The van der Waals surface area contributed by atoms with E-state index in [0.717, 1.165) is 17.7 Å². The standard InChI is InChI=1S/C16H12BrF2NO3/c1-9-2-5-14(12(17)6-9)20-15(21)8-23-16(22)11-4-3-10(18)7-13(11)19/h2-7H,8H2,1H3,(H,20,21). The van der Waals surface area contributed by atoms with Crippen LogP contribution in [0, 0.1) is 18.6 Å². The van der Waals surface area contributed by atoms with Crippen LogP contribution in [0.2, 0.25) is 0 Å². The van der Waals surface area contributed by atoms with Gasteiger partial charge in [-0.05, 0) is 52.7 Å². The van der Waals surface area contributed by atoms with E-state index in [0.29, 0.717) is 16.2 Å². The van der Waals surface area contributed by atoms with Gasteiger partial charge in [0, 0.05) is 10.5 Å². The lowest BCUT2D eigenvalue weighted by molar-refractivity contribution is -0.119. The fraction of sp³-hybridized carbons (Fsp3) is 0.125. The largest absolute Gasteiger partial charge is 0.452 e. The molecule has 2 aromatic carbocycles. The Hall–Kier alpha value is -2.28. The van der Waals surface area contributed by atoms with Crippen LogP contribution in [0.5, 0.6) is 0 Å². The molecule has 0 atom stereocenters. The van der Waals surface area contributed by atoms with Crippen molar-refractivity contribution in [1.82, 2.24) is 0 Å². The maximum atomic E-state index is 13.4. The number of halogens is 3. The van der Waals surface area contributed by atoms with Gasteiger partial charge in [0.05, 0.1) is 11.3 Å². The number of amides is 1. The second-order valence-electron chi connectivity index (χ2n) is 4.73. The molecule has 0 saturated heterocycles. The fourth-order valence-electron chi connectivity index (χ4n) is 1.77. The summed E-state index contributed by atoms with van der Waals surface area (Å²) in [4.78, 5) is 23.4. The molecule has 1 amide bonds. The highest BCUT2D eigenvalue weighted by molar-refractivity contribution is 9.10. The molecule has 0 unspecified atom stereocenters. The molecule has 2 aromatic rings. The Morgan fingerprint density at radius 2 is 1.91 bits per heavy atom. The summed E-state index contributed by atoms with van der Waals surface area (Å²) in [5, 5.41) is 2.55. The molecular formula is C16H12BrF2NO3. The molecule has 0 radical (unpaired) electrons. The monoisotopic (exact) mass is 383 g/mol. The Labute approximate surface area is 139 Å². The zero-order valence-electron chi connectivity index (χ0n) is 12.0. The van der Waals surface area contributed by atoms with Gasteiger partial charge in [-0.2, -0.15) is 0 Å². The molecule has 7 heteroatoms. The van der Waals surface area contributed by atoms with E-state index in [1.54, 1.807) is 12.1 Å². The molecule has 0 aromatic heterocycles. The van der Waals surface area contributed by atoms with Crippen molar-refractivity contribution in [3.05, 3.63) is 63.6 Å². The van der Waals surface area contributed by atoms with Crippen molar-refractivity contribution in [2.75, 3.05) is 11.9 Å². The van der Waals surface area contributed by atoms with Crippen LogP contribution in [-0.2, 0) is 9.53 Å². The van der Waals surface area contributed by atoms with E-state index in [-0.39, 0.29) is 0 Å². The topological polar surface area (TPSA) is 55.4 Å². The average molecular weight is 384 g/mol. The minimum atomic E-state index is -1.04. The van der Waals surface area contributed by atoms with Gasteiger partial charge in [0.15, 0.2) is 6.61 Å². The zero-order valence-corrected chi connectivity index (χ0v) is 13.6. The predicted molar refractivity (Wildman–Crippen MR) is 84.1 cm³/mol. The van der Waals surface area contributed by atoms with E-state index in [1.165, 1.54) is 0 Å². The molecule has 0 heterocycles. The van der Waals surface area contributed by atoms with Gasteiger partial charge in [-0.15, -0.1) is 0 Å². The lowest BCUT2D eigenvalue weighted by Crippen LogP contribution is -2.21. The third-order valence-corrected chi connectivity index (χ3v) is 3.54. The van der Waals surface area contributed by atoms with E-state index in [2.05, 4.69) is 21.2 Å². The molecule has 0 aliphatic heterocycles. The summed E-state index contributed by atoms with van der Waals surface area (Å²) < 4.78 is 31.6. The van der Waals surface area contributed by atoms with Crippen molar-refractivity contribution < 1.29 is 23.1 Å². The maximum Gasteiger partial charge on any atom is 0.341 e. The summed E-state index contributed by atoms with van der Waals surface area (Å²) in [6.45, 7) is 1.31. The second-order valence-corrected chi connectivity index (χ2v) is 5.59. The van der Waals surface area contributed by atoms with Crippen molar-refractivity contribution in [2.45, 2.75) is 6.92 Å². The van der Waals surface area contributed by atoms with Crippen LogP contribution >= 0.6 is 15.9 Å². The molecule has 2 rings (SSSR count). The average Bonchev–Trinajstić information content (AvgIpc) is 2.48. The number of esters is 1. The van der Waals surface area contributed by atoms with Crippen LogP contribution in [0.25, 0.3) is 0 Å². The number of aryl methyl sites for hydroxylation is 1. The molecule has 0 spiro atoms. The number of rotatable bonds is 4. The van der Waals surface area contributed by atoms with Crippen LogP contribution < -0.4 is 5.32 Å². The molecule has 0 fully saturated rings. The summed E-state index contributed by atoms with van der Waals surface area (Å²) >= 11 is 3.30. The van der Waals surface area contributed by atoms with Gasteiger partial charge in [-0.25, -0.2) is 13.6 Å². The first-order valence-corrected chi connectivity index (χ1v) is 7.34. The fourth-order valence-corrected chi connectivity index (χ4v) is 2.36. The SMILES string of the molecule is Cc1ccc(NC(=O)COC(=O)c2ccc(F)cc2F)c(Br)c1. The number of hydrogen-bond donors (Lipinski definition) is 1. The lowest BCUT2D eigenvalue weighted by Gasteiger charge is -2.09. The first kappa shape index (κ1) is 17.1. The molecule has 0 aliphatic carbocycles. The Kier molecular flexibility index (Phi) is 5.44. The smallest absolute Gasteiger partial charge is 0.341 e.